The number of carbonyl (C=O) groups excluding carboxylic acids is 1. The maximum atomic E-state index is 11.1. The Balaban J connectivity index is 2.87. The standard InChI is InChI=1S/C11H14ClNOS/c1-7(2)9-5-4-8(6-10(9)12)13-11(14)15-3/h4-7H,1-3H3,(H,13,14). The van der Waals surface area contributed by atoms with Gasteiger partial charge in [-0.1, -0.05) is 43.3 Å². The molecule has 0 aliphatic rings. The van der Waals surface area contributed by atoms with Crippen molar-refractivity contribution in [1.82, 2.24) is 0 Å². The van der Waals surface area contributed by atoms with E-state index in [0.717, 1.165) is 23.0 Å². The fourth-order valence-corrected chi connectivity index (χ4v) is 1.86. The minimum absolute atomic E-state index is 0.0802. The van der Waals surface area contributed by atoms with Gasteiger partial charge in [0.25, 0.3) is 5.24 Å². The Morgan fingerprint density at radius 2 is 2.13 bits per heavy atom. The van der Waals surface area contributed by atoms with Crippen molar-refractivity contribution in [2.24, 2.45) is 0 Å². The lowest BCUT2D eigenvalue weighted by Crippen LogP contribution is -2.04. The number of carbonyl (C=O) groups is 1. The number of nitrogens with one attached hydrogen (secondary N) is 1. The predicted molar refractivity (Wildman–Crippen MR) is 68.1 cm³/mol. The van der Waals surface area contributed by atoms with Crippen LogP contribution in [0.3, 0.4) is 0 Å². The molecule has 1 amide bonds. The number of hydrogen-bond acceptors (Lipinski definition) is 2. The van der Waals surface area contributed by atoms with Gasteiger partial charge in [-0.05, 0) is 29.9 Å². The van der Waals surface area contributed by atoms with E-state index in [1.807, 2.05) is 12.1 Å². The number of rotatable bonds is 2. The summed E-state index contributed by atoms with van der Waals surface area (Å²) in [4.78, 5) is 11.1. The van der Waals surface area contributed by atoms with Crippen LogP contribution in [0.5, 0.6) is 0 Å². The SMILES string of the molecule is CSC(=O)Nc1ccc(C(C)C)c(Cl)c1. The number of hydrogen-bond donors (Lipinski definition) is 1. The van der Waals surface area contributed by atoms with Crippen molar-refractivity contribution in [3.8, 4) is 0 Å². The van der Waals surface area contributed by atoms with Crippen molar-refractivity contribution in [1.29, 1.82) is 0 Å². The quantitative estimate of drug-likeness (QED) is 0.836. The zero-order chi connectivity index (χ0) is 11.4. The highest BCUT2D eigenvalue weighted by atomic mass is 35.5. The Labute approximate surface area is 99.4 Å². The number of halogens is 1. The summed E-state index contributed by atoms with van der Waals surface area (Å²) in [6, 6.07) is 5.60. The van der Waals surface area contributed by atoms with Crippen molar-refractivity contribution in [2.75, 3.05) is 11.6 Å². The van der Waals surface area contributed by atoms with Crippen LogP contribution in [-0.4, -0.2) is 11.5 Å². The number of anilines is 1. The Morgan fingerprint density at radius 3 is 2.60 bits per heavy atom. The summed E-state index contributed by atoms with van der Waals surface area (Å²) in [6.45, 7) is 4.17. The summed E-state index contributed by atoms with van der Waals surface area (Å²) in [5, 5.41) is 3.36. The van der Waals surface area contributed by atoms with E-state index in [1.54, 1.807) is 12.3 Å². The van der Waals surface area contributed by atoms with Crippen molar-refractivity contribution in [3.63, 3.8) is 0 Å². The Kier molecular flexibility index (Phi) is 4.48. The van der Waals surface area contributed by atoms with E-state index >= 15 is 0 Å². The van der Waals surface area contributed by atoms with Crippen LogP contribution in [0.4, 0.5) is 10.5 Å². The van der Waals surface area contributed by atoms with Gasteiger partial charge in [-0.25, -0.2) is 0 Å². The second-order valence-electron chi connectivity index (χ2n) is 3.51. The lowest BCUT2D eigenvalue weighted by Gasteiger charge is -2.10. The highest BCUT2D eigenvalue weighted by Crippen LogP contribution is 2.27. The first-order valence-corrected chi connectivity index (χ1v) is 6.29. The molecule has 82 valence electrons. The molecule has 0 saturated heterocycles. The van der Waals surface area contributed by atoms with Gasteiger partial charge in [0.1, 0.15) is 0 Å². The Bertz CT molecular complexity index is 366. The van der Waals surface area contributed by atoms with Crippen LogP contribution < -0.4 is 5.32 Å². The van der Waals surface area contributed by atoms with Gasteiger partial charge in [0.2, 0.25) is 0 Å². The van der Waals surface area contributed by atoms with Crippen molar-refractivity contribution >= 4 is 34.3 Å². The summed E-state index contributed by atoms with van der Waals surface area (Å²) in [5.74, 6) is 0.391. The second kappa shape index (κ2) is 5.42. The third-order valence-corrected chi connectivity index (χ3v) is 2.85. The maximum Gasteiger partial charge on any atom is 0.283 e. The molecule has 0 aliphatic carbocycles. The molecule has 1 N–H and O–H groups in total. The molecule has 1 rings (SSSR count). The molecule has 0 heterocycles. The van der Waals surface area contributed by atoms with Gasteiger partial charge in [0.05, 0.1) is 0 Å². The molecule has 0 bridgehead atoms. The number of thioether (sulfide) groups is 1. The molecule has 0 atom stereocenters. The van der Waals surface area contributed by atoms with Crippen LogP contribution in [0.25, 0.3) is 0 Å². The molecule has 0 fully saturated rings. The topological polar surface area (TPSA) is 29.1 Å². The molecule has 2 nitrogen and oxygen atoms in total. The third-order valence-electron chi connectivity index (χ3n) is 2.05. The predicted octanol–water partition coefficient (Wildman–Crippen LogP) is 4.36. The van der Waals surface area contributed by atoms with Crippen LogP contribution in [0, 0.1) is 0 Å². The Morgan fingerprint density at radius 1 is 1.47 bits per heavy atom. The van der Waals surface area contributed by atoms with Crippen molar-refractivity contribution in [2.45, 2.75) is 19.8 Å². The van der Waals surface area contributed by atoms with E-state index in [1.165, 1.54) is 0 Å². The molecule has 15 heavy (non-hydrogen) atoms. The molecule has 0 radical (unpaired) electrons. The molecule has 0 saturated carbocycles. The van der Waals surface area contributed by atoms with E-state index < -0.39 is 0 Å². The highest BCUT2D eigenvalue weighted by Gasteiger charge is 2.06. The summed E-state index contributed by atoms with van der Waals surface area (Å²) >= 11 is 7.24. The summed E-state index contributed by atoms with van der Waals surface area (Å²) in [5.41, 5.74) is 1.84. The van der Waals surface area contributed by atoms with Gasteiger partial charge in [-0.3, -0.25) is 4.79 Å². The molecule has 0 aromatic heterocycles. The maximum absolute atomic E-state index is 11.1. The molecule has 0 aliphatic heterocycles. The molecule has 4 heteroatoms. The lowest BCUT2D eigenvalue weighted by molar-refractivity contribution is 0.270. The van der Waals surface area contributed by atoms with E-state index in [9.17, 15) is 4.79 Å². The summed E-state index contributed by atoms with van der Waals surface area (Å²) < 4.78 is 0. The van der Waals surface area contributed by atoms with Crippen molar-refractivity contribution < 1.29 is 4.79 Å². The van der Waals surface area contributed by atoms with Gasteiger partial charge in [0, 0.05) is 10.7 Å². The average Bonchev–Trinajstić information content (AvgIpc) is 2.17. The van der Waals surface area contributed by atoms with E-state index in [-0.39, 0.29) is 5.24 Å². The van der Waals surface area contributed by atoms with Gasteiger partial charge in [-0.2, -0.15) is 0 Å². The second-order valence-corrected chi connectivity index (χ2v) is 4.69. The first-order chi connectivity index (χ1) is 7.04. The monoisotopic (exact) mass is 243 g/mol. The minimum Gasteiger partial charge on any atom is -0.317 e. The minimum atomic E-state index is -0.0802. The van der Waals surface area contributed by atoms with Crippen LogP contribution >= 0.6 is 23.4 Å². The summed E-state index contributed by atoms with van der Waals surface area (Å²) in [7, 11) is 0. The third kappa shape index (κ3) is 3.43. The van der Waals surface area contributed by atoms with Crippen LogP contribution in [0.2, 0.25) is 5.02 Å². The fourth-order valence-electron chi connectivity index (χ4n) is 1.24. The lowest BCUT2D eigenvalue weighted by atomic mass is 10.0. The van der Waals surface area contributed by atoms with E-state index in [0.29, 0.717) is 10.9 Å². The molecule has 1 aromatic carbocycles. The first kappa shape index (κ1) is 12.4. The molecular formula is C11H14ClNOS. The molecular weight excluding hydrogens is 230 g/mol. The highest BCUT2D eigenvalue weighted by molar-refractivity contribution is 8.13. The van der Waals surface area contributed by atoms with Gasteiger partial charge in [-0.15, -0.1) is 0 Å². The van der Waals surface area contributed by atoms with Crippen molar-refractivity contribution in [3.05, 3.63) is 28.8 Å². The van der Waals surface area contributed by atoms with Gasteiger partial charge < -0.3 is 5.32 Å². The average molecular weight is 244 g/mol. The first-order valence-electron chi connectivity index (χ1n) is 4.69. The zero-order valence-electron chi connectivity index (χ0n) is 9.00. The molecule has 0 spiro atoms. The smallest absolute Gasteiger partial charge is 0.283 e. The summed E-state index contributed by atoms with van der Waals surface area (Å²) in [6.07, 6.45) is 1.74. The largest absolute Gasteiger partial charge is 0.317 e. The van der Waals surface area contributed by atoms with Crippen LogP contribution in [0.1, 0.15) is 25.3 Å². The van der Waals surface area contributed by atoms with Crippen LogP contribution in [0.15, 0.2) is 18.2 Å². The number of benzene rings is 1. The van der Waals surface area contributed by atoms with Crippen LogP contribution in [-0.2, 0) is 0 Å². The fraction of sp³-hybridized carbons (Fsp3) is 0.364. The van der Waals surface area contributed by atoms with Gasteiger partial charge >= 0.3 is 0 Å². The van der Waals surface area contributed by atoms with Gasteiger partial charge in [0.15, 0.2) is 0 Å². The van der Waals surface area contributed by atoms with E-state index in [2.05, 4.69) is 19.2 Å². The molecule has 0 unspecified atom stereocenters. The number of amides is 1. The van der Waals surface area contributed by atoms with E-state index in [4.69, 9.17) is 11.6 Å². The zero-order valence-corrected chi connectivity index (χ0v) is 10.6. The molecule has 1 aromatic rings. The normalized spacial score (nSPS) is 10.5. The Hall–Kier alpha value is -0.670.